The van der Waals surface area contributed by atoms with Gasteiger partial charge < -0.3 is 22.1 Å². The van der Waals surface area contributed by atoms with Crippen LogP contribution in [0.5, 0.6) is 0 Å². The molecule has 2 aliphatic carbocycles. The molecule has 0 fully saturated rings. The Hall–Kier alpha value is -4.06. The van der Waals surface area contributed by atoms with Crippen molar-refractivity contribution < 1.29 is 9.59 Å². The molecule has 0 atom stereocenters. The summed E-state index contributed by atoms with van der Waals surface area (Å²) in [6.07, 6.45) is 11.3. The van der Waals surface area contributed by atoms with Gasteiger partial charge in [-0.15, -0.1) is 0 Å². The zero-order valence-electron chi connectivity index (χ0n) is 17.7. The molecule has 4 rings (SSSR count). The van der Waals surface area contributed by atoms with Crippen LogP contribution in [0.25, 0.3) is 0 Å². The molecule has 0 heterocycles. The van der Waals surface area contributed by atoms with Crippen molar-refractivity contribution in [1.29, 1.82) is 0 Å². The van der Waals surface area contributed by atoms with Crippen molar-refractivity contribution in [2.45, 2.75) is 25.7 Å². The SMILES string of the molecule is Nc1ccc(C(=O)NC2=CC=C(C3=CC=C(NC(=O)c4ccc(N)cc4)CC3)CC2)cc1. The van der Waals surface area contributed by atoms with E-state index in [0.717, 1.165) is 37.1 Å². The van der Waals surface area contributed by atoms with Crippen LogP contribution in [0.1, 0.15) is 46.4 Å². The average Bonchev–Trinajstić information content (AvgIpc) is 2.81. The van der Waals surface area contributed by atoms with Crippen molar-refractivity contribution in [3.63, 3.8) is 0 Å². The van der Waals surface area contributed by atoms with E-state index in [0.29, 0.717) is 22.5 Å². The summed E-state index contributed by atoms with van der Waals surface area (Å²) in [4.78, 5) is 24.8. The van der Waals surface area contributed by atoms with Gasteiger partial charge in [-0.25, -0.2) is 0 Å². The molecule has 0 saturated heterocycles. The van der Waals surface area contributed by atoms with Gasteiger partial charge in [-0.05, 0) is 97.5 Å². The smallest absolute Gasteiger partial charge is 0.255 e. The van der Waals surface area contributed by atoms with E-state index < -0.39 is 0 Å². The number of hydrogen-bond donors (Lipinski definition) is 4. The molecule has 6 nitrogen and oxygen atoms in total. The number of carbonyl (C=O) groups excluding carboxylic acids is 2. The van der Waals surface area contributed by atoms with Crippen LogP contribution in [0.2, 0.25) is 0 Å². The molecule has 2 aromatic rings. The molecule has 0 aliphatic heterocycles. The minimum atomic E-state index is -0.130. The summed E-state index contributed by atoms with van der Waals surface area (Å²) in [5, 5.41) is 5.95. The van der Waals surface area contributed by atoms with E-state index in [9.17, 15) is 9.59 Å². The fraction of sp³-hybridized carbons (Fsp3) is 0.154. The summed E-state index contributed by atoms with van der Waals surface area (Å²) in [6, 6.07) is 13.8. The average molecular weight is 427 g/mol. The van der Waals surface area contributed by atoms with E-state index in [2.05, 4.69) is 22.8 Å². The molecule has 0 radical (unpaired) electrons. The largest absolute Gasteiger partial charge is 0.399 e. The summed E-state index contributed by atoms with van der Waals surface area (Å²) >= 11 is 0. The Morgan fingerprint density at radius 2 is 0.938 bits per heavy atom. The molecule has 0 saturated carbocycles. The first-order valence-electron chi connectivity index (χ1n) is 10.6. The zero-order chi connectivity index (χ0) is 22.5. The molecule has 6 N–H and O–H groups in total. The van der Waals surface area contributed by atoms with Gasteiger partial charge in [0, 0.05) is 33.9 Å². The summed E-state index contributed by atoms with van der Waals surface area (Å²) in [6.45, 7) is 0. The minimum absolute atomic E-state index is 0.130. The summed E-state index contributed by atoms with van der Waals surface area (Å²) in [5.74, 6) is -0.260. The van der Waals surface area contributed by atoms with Crippen molar-refractivity contribution in [3.05, 3.63) is 107 Å². The van der Waals surface area contributed by atoms with Crippen LogP contribution in [0.15, 0.2) is 95.4 Å². The van der Waals surface area contributed by atoms with Gasteiger partial charge in [-0.2, -0.15) is 0 Å². The van der Waals surface area contributed by atoms with E-state index in [4.69, 9.17) is 11.5 Å². The maximum Gasteiger partial charge on any atom is 0.255 e. The van der Waals surface area contributed by atoms with Gasteiger partial charge in [0.25, 0.3) is 11.8 Å². The van der Waals surface area contributed by atoms with Crippen LogP contribution in [0.4, 0.5) is 11.4 Å². The highest BCUT2D eigenvalue weighted by Gasteiger charge is 2.16. The van der Waals surface area contributed by atoms with E-state index in [1.54, 1.807) is 48.5 Å². The third-order valence-electron chi connectivity index (χ3n) is 5.61. The second kappa shape index (κ2) is 9.39. The number of rotatable bonds is 5. The Balaban J connectivity index is 1.36. The second-order valence-electron chi connectivity index (χ2n) is 7.92. The van der Waals surface area contributed by atoms with Crippen LogP contribution in [0, 0.1) is 0 Å². The lowest BCUT2D eigenvalue weighted by Gasteiger charge is -2.21. The highest BCUT2D eigenvalue weighted by Crippen LogP contribution is 2.29. The lowest BCUT2D eigenvalue weighted by molar-refractivity contribution is 0.0956. The Morgan fingerprint density at radius 3 is 1.25 bits per heavy atom. The minimum Gasteiger partial charge on any atom is -0.399 e. The highest BCUT2D eigenvalue weighted by molar-refractivity contribution is 5.96. The van der Waals surface area contributed by atoms with Gasteiger partial charge in [0.05, 0.1) is 0 Å². The zero-order valence-corrected chi connectivity index (χ0v) is 17.7. The Kier molecular flexibility index (Phi) is 6.22. The quantitative estimate of drug-likeness (QED) is 0.537. The maximum absolute atomic E-state index is 12.4. The van der Waals surface area contributed by atoms with E-state index in [1.165, 1.54) is 11.1 Å². The highest BCUT2D eigenvalue weighted by atomic mass is 16.2. The molecular weight excluding hydrogens is 400 g/mol. The summed E-state index contributed by atoms with van der Waals surface area (Å²) in [7, 11) is 0. The predicted molar refractivity (Wildman–Crippen MR) is 127 cm³/mol. The first kappa shape index (κ1) is 21.2. The number of nitrogens with two attached hydrogens (primary N) is 2. The second-order valence-corrected chi connectivity index (χ2v) is 7.92. The molecule has 2 amide bonds. The van der Waals surface area contributed by atoms with Gasteiger partial charge in [-0.3, -0.25) is 9.59 Å². The van der Waals surface area contributed by atoms with Gasteiger partial charge >= 0.3 is 0 Å². The van der Waals surface area contributed by atoms with Crippen LogP contribution < -0.4 is 22.1 Å². The Morgan fingerprint density at radius 1 is 0.562 bits per heavy atom. The fourth-order valence-electron chi connectivity index (χ4n) is 3.72. The Bertz CT molecular complexity index is 1060. The monoisotopic (exact) mass is 426 g/mol. The Labute approximate surface area is 187 Å². The topological polar surface area (TPSA) is 110 Å². The molecule has 162 valence electrons. The third kappa shape index (κ3) is 5.16. The van der Waals surface area contributed by atoms with Gasteiger partial charge in [-0.1, -0.05) is 12.2 Å². The van der Waals surface area contributed by atoms with Crippen molar-refractivity contribution in [3.8, 4) is 0 Å². The predicted octanol–water partition coefficient (Wildman–Crippen LogP) is 4.22. The standard InChI is InChI=1S/C26H26N4O2/c27-21-9-1-19(2-10-21)25(31)29-23-13-5-17(6-14-23)18-7-15-24(16-8-18)30-26(32)20-3-11-22(28)12-4-20/h1-5,7,9-13,15H,6,8,14,16,27-28H2,(H,29,31)(H,30,32). The third-order valence-corrected chi connectivity index (χ3v) is 5.61. The molecule has 0 spiro atoms. The molecule has 2 aromatic carbocycles. The van der Waals surface area contributed by atoms with E-state index in [1.807, 2.05) is 12.2 Å². The summed E-state index contributed by atoms with van der Waals surface area (Å²) in [5.41, 5.74) is 18.1. The maximum atomic E-state index is 12.4. The van der Waals surface area contributed by atoms with Crippen LogP contribution in [0.3, 0.4) is 0 Å². The number of nitrogens with one attached hydrogen (secondary N) is 2. The number of carbonyl (C=O) groups is 2. The number of amides is 2. The first-order valence-corrected chi connectivity index (χ1v) is 10.6. The number of nitrogen functional groups attached to an aromatic ring is 2. The molecule has 32 heavy (non-hydrogen) atoms. The van der Waals surface area contributed by atoms with Gasteiger partial charge in [0.2, 0.25) is 0 Å². The number of benzene rings is 2. The molecular formula is C26H26N4O2. The normalized spacial score (nSPS) is 15.6. The molecule has 0 bridgehead atoms. The first-order chi connectivity index (χ1) is 15.5. The van der Waals surface area contributed by atoms with Crippen molar-refractivity contribution in [2.24, 2.45) is 0 Å². The van der Waals surface area contributed by atoms with E-state index >= 15 is 0 Å². The number of hydrogen-bond acceptors (Lipinski definition) is 4. The van der Waals surface area contributed by atoms with Crippen LogP contribution >= 0.6 is 0 Å². The molecule has 0 aromatic heterocycles. The number of anilines is 2. The lowest BCUT2D eigenvalue weighted by Crippen LogP contribution is -2.24. The van der Waals surface area contributed by atoms with E-state index in [-0.39, 0.29) is 11.8 Å². The lowest BCUT2D eigenvalue weighted by atomic mass is 9.90. The van der Waals surface area contributed by atoms with Crippen LogP contribution in [-0.2, 0) is 0 Å². The number of allylic oxidation sites excluding steroid dienone is 8. The molecule has 0 unspecified atom stereocenters. The van der Waals surface area contributed by atoms with Crippen molar-refractivity contribution >= 4 is 23.2 Å². The van der Waals surface area contributed by atoms with Crippen molar-refractivity contribution in [1.82, 2.24) is 10.6 Å². The summed E-state index contributed by atoms with van der Waals surface area (Å²) < 4.78 is 0. The van der Waals surface area contributed by atoms with Crippen molar-refractivity contribution in [2.75, 3.05) is 11.5 Å². The van der Waals surface area contributed by atoms with Crippen LogP contribution in [-0.4, -0.2) is 11.8 Å². The van der Waals surface area contributed by atoms with Gasteiger partial charge in [0.15, 0.2) is 0 Å². The molecule has 6 heteroatoms. The fourth-order valence-corrected chi connectivity index (χ4v) is 3.72. The molecule has 2 aliphatic rings. The van der Waals surface area contributed by atoms with Gasteiger partial charge in [0.1, 0.15) is 0 Å².